The van der Waals surface area contributed by atoms with Crippen LogP contribution in [0.15, 0.2) is 0 Å². The van der Waals surface area contributed by atoms with Crippen molar-refractivity contribution in [2.75, 3.05) is 39.6 Å². The third-order valence-electron chi connectivity index (χ3n) is 19.4. The molecule has 0 saturated carbocycles. The van der Waals surface area contributed by atoms with Crippen LogP contribution in [-0.2, 0) is 65.4 Å². The Labute approximate surface area is 619 Å². The highest BCUT2D eigenvalue weighted by Crippen LogP contribution is 2.45. The molecule has 0 amide bonds. The minimum Gasteiger partial charge on any atom is -0.462 e. The normalized spacial score (nSPS) is 13.8. The largest absolute Gasteiger partial charge is 0.472 e. The van der Waals surface area contributed by atoms with Crippen molar-refractivity contribution in [3.8, 4) is 0 Å². The molecular formula is C82H160O17P2. The summed E-state index contributed by atoms with van der Waals surface area (Å²) in [6, 6.07) is 0. The maximum Gasteiger partial charge on any atom is 0.472 e. The summed E-state index contributed by atoms with van der Waals surface area (Å²) in [4.78, 5) is 73.0. The molecule has 0 spiro atoms. The molecular weight excluding hydrogens is 1320 g/mol. The van der Waals surface area contributed by atoms with Crippen LogP contribution in [0.5, 0.6) is 0 Å². The van der Waals surface area contributed by atoms with Gasteiger partial charge in [-0.15, -0.1) is 0 Å². The summed E-state index contributed by atoms with van der Waals surface area (Å²) in [6.07, 6.45) is 69.3. The molecule has 19 heteroatoms. The molecule has 0 aromatic heterocycles. The standard InChI is InChI=1S/C82H160O17P2/c1-5-9-13-17-21-25-29-32-35-36-37-38-39-40-43-46-49-53-57-61-65-69-82(87)99-78(73-93-80(85)67-63-59-55-51-47-44-41-33-30-26-22-18-14-10-6-2)75-97-101(90,91)95-71-76(83)70-94-100(88,89)96-74-77(72-92-79(84)66-62-58-54-50-28-24-20-16-12-8-4)98-81(86)68-64-60-56-52-48-45-42-34-31-27-23-19-15-11-7-3/h76-78,83H,5-75H2,1-4H3,(H,88,89)(H,90,91)/t76-,77+,78+/m0/s1. The zero-order valence-electron chi connectivity index (χ0n) is 65.9. The van der Waals surface area contributed by atoms with E-state index in [0.717, 1.165) is 89.9 Å². The number of phosphoric ester groups is 2. The van der Waals surface area contributed by atoms with Crippen LogP contribution < -0.4 is 0 Å². The van der Waals surface area contributed by atoms with E-state index in [4.69, 9.17) is 37.0 Å². The Morgan fingerprint density at radius 1 is 0.238 bits per heavy atom. The summed E-state index contributed by atoms with van der Waals surface area (Å²) in [7, 11) is -9.92. The number of hydrogen-bond donors (Lipinski definition) is 3. The Balaban J connectivity index is 5.21. The minimum atomic E-state index is -4.96. The molecule has 0 aromatic rings. The van der Waals surface area contributed by atoms with Crippen LogP contribution in [0.25, 0.3) is 0 Å². The second kappa shape index (κ2) is 76.3. The number of carbonyl (C=O) groups is 4. The first-order valence-electron chi connectivity index (χ1n) is 42.8. The quantitative estimate of drug-likeness (QED) is 0.0222. The number of rotatable bonds is 83. The first-order valence-corrected chi connectivity index (χ1v) is 45.8. The number of carbonyl (C=O) groups excluding carboxylic acids is 4. The fourth-order valence-corrected chi connectivity index (χ4v) is 14.4. The van der Waals surface area contributed by atoms with Gasteiger partial charge in [0.15, 0.2) is 12.2 Å². The Hall–Kier alpha value is -1.94. The Morgan fingerprint density at radius 3 is 0.584 bits per heavy atom. The number of hydrogen-bond acceptors (Lipinski definition) is 15. The van der Waals surface area contributed by atoms with E-state index in [1.165, 1.54) is 276 Å². The lowest BCUT2D eigenvalue weighted by Crippen LogP contribution is -2.30. The molecule has 0 aliphatic carbocycles. The van der Waals surface area contributed by atoms with Crippen LogP contribution in [-0.4, -0.2) is 96.7 Å². The Kier molecular flexibility index (Phi) is 74.8. The fourth-order valence-electron chi connectivity index (χ4n) is 12.8. The topological polar surface area (TPSA) is 237 Å². The molecule has 3 N–H and O–H groups in total. The third-order valence-corrected chi connectivity index (χ3v) is 21.3. The van der Waals surface area contributed by atoms with Crippen molar-refractivity contribution in [3.63, 3.8) is 0 Å². The number of unbranched alkanes of at least 4 members (excludes halogenated alkanes) is 57. The Morgan fingerprint density at radius 2 is 0.396 bits per heavy atom. The number of esters is 4. The SMILES string of the molecule is CCCCCCCCCCCCCCCCCCCCCCCC(=O)O[C@H](COC(=O)CCCCCCCCCCCCCCCCC)COP(=O)(O)OC[C@@H](O)COP(=O)(O)OC[C@@H](COC(=O)CCCCCCCCCCCC)OC(=O)CCCCCCCCCCCCCCCCC. The second-order valence-electron chi connectivity index (χ2n) is 29.5. The van der Waals surface area contributed by atoms with E-state index in [2.05, 4.69) is 27.7 Å². The third kappa shape index (κ3) is 76.1. The predicted molar refractivity (Wildman–Crippen MR) is 414 cm³/mol. The molecule has 0 bridgehead atoms. The van der Waals surface area contributed by atoms with Crippen LogP contribution in [0.3, 0.4) is 0 Å². The lowest BCUT2D eigenvalue weighted by Gasteiger charge is -2.21. The van der Waals surface area contributed by atoms with Crippen molar-refractivity contribution in [3.05, 3.63) is 0 Å². The van der Waals surface area contributed by atoms with Crippen LogP contribution in [0.4, 0.5) is 0 Å². The van der Waals surface area contributed by atoms with Crippen LogP contribution in [0.2, 0.25) is 0 Å². The van der Waals surface area contributed by atoms with Gasteiger partial charge in [-0.25, -0.2) is 9.13 Å². The predicted octanol–water partition coefficient (Wildman–Crippen LogP) is 25.0. The number of ether oxygens (including phenoxy) is 4. The van der Waals surface area contributed by atoms with Crippen molar-refractivity contribution in [1.82, 2.24) is 0 Å². The summed E-state index contributed by atoms with van der Waals surface area (Å²) in [5.74, 6) is -2.10. The van der Waals surface area contributed by atoms with Gasteiger partial charge in [0.1, 0.15) is 19.3 Å². The van der Waals surface area contributed by atoms with Crippen molar-refractivity contribution in [2.24, 2.45) is 0 Å². The lowest BCUT2D eigenvalue weighted by atomic mass is 10.0. The molecule has 600 valence electrons. The van der Waals surface area contributed by atoms with E-state index in [1.54, 1.807) is 0 Å². The van der Waals surface area contributed by atoms with Gasteiger partial charge in [-0.3, -0.25) is 37.3 Å². The summed E-state index contributed by atoms with van der Waals surface area (Å²) in [5.41, 5.74) is 0. The smallest absolute Gasteiger partial charge is 0.462 e. The van der Waals surface area contributed by atoms with Crippen molar-refractivity contribution < 1.29 is 80.2 Å². The highest BCUT2D eigenvalue weighted by molar-refractivity contribution is 7.47. The van der Waals surface area contributed by atoms with Crippen molar-refractivity contribution in [1.29, 1.82) is 0 Å². The summed E-state index contributed by atoms with van der Waals surface area (Å²) in [5, 5.41) is 10.6. The molecule has 2 unspecified atom stereocenters. The zero-order chi connectivity index (χ0) is 73.9. The molecule has 17 nitrogen and oxygen atoms in total. The molecule has 0 rings (SSSR count). The van der Waals surface area contributed by atoms with Crippen LogP contribution >= 0.6 is 15.6 Å². The molecule has 0 fully saturated rings. The minimum absolute atomic E-state index is 0.109. The number of aliphatic hydroxyl groups excluding tert-OH is 1. The lowest BCUT2D eigenvalue weighted by molar-refractivity contribution is -0.161. The molecule has 101 heavy (non-hydrogen) atoms. The molecule has 0 aromatic carbocycles. The summed E-state index contributed by atoms with van der Waals surface area (Å²) >= 11 is 0. The maximum atomic E-state index is 13.1. The van der Waals surface area contributed by atoms with Gasteiger partial charge < -0.3 is 33.8 Å². The molecule has 0 saturated heterocycles. The zero-order valence-corrected chi connectivity index (χ0v) is 67.7. The molecule has 0 aliphatic heterocycles. The van der Waals surface area contributed by atoms with Crippen LogP contribution in [0.1, 0.15) is 445 Å². The second-order valence-corrected chi connectivity index (χ2v) is 32.4. The fraction of sp³-hybridized carbons (Fsp3) is 0.951. The average Bonchev–Trinajstić information content (AvgIpc) is 1.17. The molecule has 0 radical (unpaired) electrons. The molecule has 0 heterocycles. The van der Waals surface area contributed by atoms with Crippen LogP contribution in [0, 0.1) is 0 Å². The van der Waals surface area contributed by atoms with E-state index in [9.17, 15) is 43.2 Å². The highest BCUT2D eigenvalue weighted by atomic mass is 31.2. The summed E-state index contributed by atoms with van der Waals surface area (Å²) < 4.78 is 68.7. The van der Waals surface area contributed by atoms with E-state index in [1.807, 2.05) is 0 Å². The van der Waals surface area contributed by atoms with Gasteiger partial charge in [-0.2, -0.15) is 0 Å². The van der Waals surface area contributed by atoms with E-state index in [-0.39, 0.29) is 25.7 Å². The molecule has 5 atom stereocenters. The van der Waals surface area contributed by atoms with Gasteiger partial charge in [-0.05, 0) is 25.7 Å². The van der Waals surface area contributed by atoms with E-state index in [0.29, 0.717) is 25.7 Å². The Bertz CT molecular complexity index is 1910. The first-order chi connectivity index (χ1) is 49.2. The summed E-state index contributed by atoms with van der Waals surface area (Å²) in [6.45, 7) is 5.03. The van der Waals surface area contributed by atoms with Gasteiger partial charge in [0, 0.05) is 25.7 Å². The van der Waals surface area contributed by atoms with Gasteiger partial charge in [0.2, 0.25) is 0 Å². The highest BCUT2D eigenvalue weighted by Gasteiger charge is 2.30. The number of aliphatic hydroxyl groups is 1. The maximum absolute atomic E-state index is 13.1. The van der Waals surface area contributed by atoms with Gasteiger partial charge in [-0.1, -0.05) is 394 Å². The molecule has 0 aliphatic rings. The van der Waals surface area contributed by atoms with Crippen molar-refractivity contribution >= 4 is 39.5 Å². The van der Waals surface area contributed by atoms with E-state index < -0.39 is 97.5 Å². The van der Waals surface area contributed by atoms with Crippen molar-refractivity contribution in [2.45, 2.75) is 463 Å². The van der Waals surface area contributed by atoms with Gasteiger partial charge in [0.25, 0.3) is 0 Å². The monoisotopic (exact) mass is 1480 g/mol. The van der Waals surface area contributed by atoms with E-state index >= 15 is 0 Å². The van der Waals surface area contributed by atoms with Gasteiger partial charge in [0.05, 0.1) is 26.4 Å². The first kappa shape index (κ1) is 99.1. The van der Waals surface area contributed by atoms with Gasteiger partial charge >= 0.3 is 39.5 Å². The average molecular weight is 1480 g/mol. The number of phosphoric acid groups is 2.